The summed E-state index contributed by atoms with van der Waals surface area (Å²) in [5, 5.41) is 22.2. The molecular formula is C23H20ClNO8. The van der Waals surface area contributed by atoms with Crippen LogP contribution in [-0.4, -0.2) is 47.6 Å². The second-order valence-corrected chi connectivity index (χ2v) is 8.15. The molecule has 2 aromatic rings. The lowest BCUT2D eigenvalue weighted by atomic mass is 9.74. The van der Waals surface area contributed by atoms with Gasteiger partial charge < -0.3 is 29.7 Å². The van der Waals surface area contributed by atoms with Crippen LogP contribution in [0.15, 0.2) is 36.0 Å². The molecule has 10 heteroatoms. The highest BCUT2D eigenvalue weighted by Crippen LogP contribution is 2.53. The van der Waals surface area contributed by atoms with Gasteiger partial charge in [0.2, 0.25) is 17.2 Å². The van der Waals surface area contributed by atoms with Crippen LogP contribution in [0.3, 0.4) is 0 Å². The molecule has 0 saturated heterocycles. The highest BCUT2D eigenvalue weighted by atomic mass is 35.5. The average molecular weight is 474 g/mol. The monoisotopic (exact) mass is 473 g/mol. The van der Waals surface area contributed by atoms with E-state index in [2.05, 4.69) is 5.32 Å². The predicted molar refractivity (Wildman–Crippen MR) is 118 cm³/mol. The van der Waals surface area contributed by atoms with E-state index in [1.54, 1.807) is 6.92 Å². The average Bonchev–Trinajstić information content (AvgIpc) is 3.09. The number of carboxylic acid groups (broad SMARTS) is 1. The molecule has 1 aliphatic carbocycles. The van der Waals surface area contributed by atoms with Gasteiger partial charge in [-0.2, -0.15) is 0 Å². The van der Waals surface area contributed by atoms with Crippen LogP contribution in [-0.2, 0) is 4.79 Å². The minimum atomic E-state index is -1.83. The number of fused-ring (bicyclic) bond motifs is 1. The number of ketones is 2. The SMILES string of the molecule is COc1cc(OC)c2c(c1Cl)O[C@@]1(C(=O)C=C(Nc3cc(C(=O)O)ccc3O)C[C@H]1C)C2=O. The van der Waals surface area contributed by atoms with Gasteiger partial charge in [-0.3, -0.25) is 9.59 Å². The Morgan fingerprint density at radius 3 is 2.52 bits per heavy atom. The number of halogens is 1. The second kappa shape index (κ2) is 8.00. The predicted octanol–water partition coefficient (Wildman–Crippen LogP) is 3.68. The van der Waals surface area contributed by atoms with E-state index in [0.717, 1.165) is 0 Å². The molecule has 0 saturated carbocycles. The van der Waals surface area contributed by atoms with Crippen molar-refractivity contribution in [1.29, 1.82) is 0 Å². The molecule has 1 spiro atoms. The van der Waals surface area contributed by atoms with Gasteiger partial charge >= 0.3 is 5.97 Å². The number of hydrogen-bond donors (Lipinski definition) is 3. The summed E-state index contributed by atoms with van der Waals surface area (Å²) in [5.41, 5.74) is -1.29. The molecule has 0 radical (unpaired) electrons. The van der Waals surface area contributed by atoms with Gasteiger partial charge in [0.25, 0.3) is 0 Å². The number of carbonyl (C=O) groups is 3. The summed E-state index contributed by atoms with van der Waals surface area (Å²) in [6.07, 6.45) is 1.41. The molecule has 172 valence electrons. The van der Waals surface area contributed by atoms with E-state index in [1.807, 2.05) is 0 Å². The molecule has 3 N–H and O–H groups in total. The van der Waals surface area contributed by atoms with Crippen molar-refractivity contribution < 1.29 is 38.8 Å². The molecule has 9 nitrogen and oxygen atoms in total. The van der Waals surface area contributed by atoms with E-state index < -0.39 is 29.1 Å². The third kappa shape index (κ3) is 3.36. The number of anilines is 1. The normalized spacial score (nSPS) is 21.3. The van der Waals surface area contributed by atoms with E-state index in [9.17, 15) is 24.6 Å². The molecule has 2 atom stereocenters. The maximum atomic E-state index is 13.5. The number of carboxylic acids is 1. The molecule has 0 bridgehead atoms. The van der Waals surface area contributed by atoms with Crippen molar-refractivity contribution in [3.8, 4) is 23.0 Å². The van der Waals surface area contributed by atoms with Crippen LogP contribution in [0.2, 0.25) is 5.02 Å². The van der Waals surface area contributed by atoms with E-state index in [-0.39, 0.29) is 51.3 Å². The molecule has 33 heavy (non-hydrogen) atoms. The van der Waals surface area contributed by atoms with Crippen LogP contribution < -0.4 is 19.5 Å². The van der Waals surface area contributed by atoms with Crippen molar-refractivity contribution in [3.05, 3.63) is 52.2 Å². The van der Waals surface area contributed by atoms with Gasteiger partial charge in [0, 0.05) is 23.8 Å². The Balaban J connectivity index is 1.72. The zero-order valence-corrected chi connectivity index (χ0v) is 18.6. The van der Waals surface area contributed by atoms with Crippen LogP contribution in [0.1, 0.15) is 34.1 Å². The summed E-state index contributed by atoms with van der Waals surface area (Å²) >= 11 is 6.37. The minimum absolute atomic E-state index is 0.0229. The third-order valence-corrected chi connectivity index (χ3v) is 6.21. The molecule has 0 amide bonds. The summed E-state index contributed by atoms with van der Waals surface area (Å²) in [6, 6.07) is 5.21. The first-order valence-electron chi connectivity index (χ1n) is 9.90. The van der Waals surface area contributed by atoms with E-state index >= 15 is 0 Å². The van der Waals surface area contributed by atoms with Crippen molar-refractivity contribution in [2.24, 2.45) is 5.92 Å². The van der Waals surface area contributed by atoms with Crippen LogP contribution in [0, 0.1) is 5.92 Å². The van der Waals surface area contributed by atoms with Gasteiger partial charge in [0.1, 0.15) is 27.8 Å². The Hall–Kier alpha value is -3.72. The topological polar surface area (TPSA) is 131 Å². The van der Waals surface area contributed by atoms with Gasteiger partial charge in [-0.15, -0.1) is 0 Å². The first-order chi connectivity index (χ1) is 15.6. The fourth-order valence-corrected chi connectivity index (χ4v) is 4.42. The van der Waals surface area contributed by atoms with E-state index in [0.29, 0.717) is 5.70 Å². The number of phenolic OH excluding ortho intramolecular Hbond substituents is 1. The lowest BCUT2D eigenvalue weighted by molar-refractivity contribution is -0.129. The molecule has 2 aromatic carbocycles. The Labute approximate surface area is 193 Å². The zero-order chi connectivity index (χ0) is 24.1. The van der Waals surface area contributed by atoms with Crippen molar-refractivity contribution in [2.75, 3.05) is 19.5 Å². The lowest BCUT2D eigenvalue weighted by Crippen LogP contribution is -2.55. The lowest BCUT2D eigenvalue weighted by Gasteiger charge is -2.35. The Morgan fingerprint density at radius 2 is 1.91 bits per heavy atom. The van der Waals surface area contributed by atoms with Gasteiger partial charge in [-0.25, -0.2) is 4.79 Å². The number of methoxy groups -OCH3 is 2. The van der Waals surface area contributed by atoms with Crippen LogP contribution in [0.5, 0.6) is 23.0 Å². The Morgan fingerprint density at radius 1 is 1.21 bits per heavy atom. The number of aromatic carboxylic acids is 1. The molecule has 1 aliphatic heterocycles. The number of Topliss-reactive ketones (excluding diaryl/α,β-unsaturated/α-hetero) is 1. The number of benzene rings is 2. The number of phenols is 1. The number of ether oxygens (including phenoxy) is 3. The first-order valence-corrected chi connectivity index (χ1v) is 10.3. The fourth-order valence-electron chi connectivity index (χ4n) is 4.16. The molecule has 0 aromatic heterocycles. The number of aromatic hydroxyl groups is 1. The first kappa shape index (κ1) is 22.5. The smallest absolute Gasteiger partial charge is 0.335 e. The number of nitrogens with one attached hydrogen (secondary N) is 1. The van der Waals surface area contributed by atoms with E-state index in [4.69, 9.17) is 25.8 Å². The maximum Gasteiger partial charge on any atom is 0.335 e. The number of allylic oxidation sites excluding steroid dienone is 1. The van der Waals surface area contributed by atoms with E-state index in [1.165, 1.54) is 44.6 Å². The highest BCUT2D eigenvalue weighted by molar-refractivity contribution is 6.36. The quantitative estimate of drug-likeness (QED) is 0.439. The van der Waals surface area contributed by atoms with Crippen molar-refractivity contribution in [2.45, 2.75) is 18.9 Å². The van der Waals surface area contributed by atoms with Crippen molar-refractivity contribution in [1.82, 2.24) is 0 Å². The van der Waals surface area contributed by atoms with Crippen LogP contribution in [0.25, 0.3) is 0 Å². The molecule has 2 aliphatic rings. The molecule has 4 rings (SSSR count). The maximum absolute atomic E-state index is 13.5. The summed E-state index contributed by atoms with van der Waals surface area (Å²) in [6.45, 7) is 1.68. The summed E-state index contributed by atoms with van der Waals surface area (Å²) in [4.78, 5) is 38.0. The van der Waals surface area contributed by atoms with Gasteiger partial charge in [0.05, 0.1) is 25.5 Å². The molecule has 0 unspecified atom stereocenters. The second-order valence-electron chi connectivity index (χ2n) is 7.77. The molecule has 1 heterocycles. The Kier molecular flexibility index (Phi) is 5.45. The standard InChI is InChI=1S/C23H20ClNO8/c1-10-6-12(25-13-7-11(22(29)30)4-5-14(13)26)8-17(27)23(10)21(28)18-15(31-2)9-16(32-3)19(24)20(18)33-23/h4-5,7-10,25-26H,6H2,1-3H3,(H,29,30)/t10-,23+/m1/s1. The number of hydrogen-bond acceptors (Lipinski definition) is 8. The van der Waals surface area contributed by atoms with Gasteiger partial charge in [-0.05, 0) is 24.6 Å². The third-order valence-electron chi connectivity index (χ3n) is 5.85. The van der Waals surface area contributed by atoms with Gasteiger partial charge in [-0.1, -0.05) is 18.5 Å². The highest BCUT2D eigenvalue weighted by Gasteiger charge is 2.60. The summed E-state index contributed by atoms with van der Waals surface area (Å²) in [7, 11) is 2.79. The minimum Gasteiger partial charge on any atom is -0.506 e. The van der Waals surface area contributed by atoms with Crippen molar-refractivity contribution >= 4 is 34.8 Å². The molecule has 0 fully saturated rings. The zero-order valence-electron chi connectivity index (χ0n) is 17.9. The van der Waals surface area contributed by atoms with Crippen LogP contribution in [0.4, 0.5) is 5.69 Å². The number of rotatable bonds is 5. The fraction of sp³-hybridized carbons (Fsp3) is 0.261. The van der Waals surface area contributed by atoms with Crippen molar-refractivity contribution in [3.63, 3.8) is 0 Å². The van der Waals surface area contributed by atoms with Gasteiger partial charge in [0.15, 0.2) is 5.75 Å². The number of carbonyl (C=O) groups excluding carboxylic acids is 2. The summed E-state index contributed by atoms with van der Waals surface area (Å²) in [5.74, 6) is -2.73. The summed E-state index contributed by atoms with van der Waals surface area (Å²) < 4.78 is 16.5. The van der Waals surface area contributed by atoms with Crippen LogP contribution >= 0.6 is 11.6 Å². The Bertz CT molecular complexity index is 1240. The largest absolute Gasteiger partial charge is 0.506 e. The molecular weight excluding hydrogens is 454 g/mol.